The van der Waals surface area contributed by atoms with E-state index in [0.29, 0.717) is 22.8 Å². The van der Waals surface area contributed by atoms with Crippen LogP contribution in [0.1, 0.15) is 69.3 Å². The van der Waals surface area contributed by atoms with Gasteiger partial charge in [0, 0.05) is 35.9 Å². The third-order valence-corrected chi connectivity index (χ3v) is 8.05. The van der Waals surface area contributed by atoms with Gasteiger partial charge in [0.1, 0.15) is 23.5 Å². The molecule has 0 bridgehead atoms. The standard InChI is InChI=1S/2C21H15N3O2/c2*25-21-24-19(20(26-21)16-7-2-1-3-8-16)18-10-4-9-17(23-18)12-11-15-6-5-13-22-14-15/h2*1-10,13-14,19-20H,(H,24,25)/t2*19-,20-/m10/s1. The fourth-order valence-electron chi connectivity index (χ4n) is 5.64. The normalized spacial score (nSPS) is 18.4. The summed E-state index contributed by atoms with van der Waals surface area (Å²) in [6, 6.07) is 37.2. The lowest BCUT2D eigenvalue weighted by Gasteiger charge is -2.16. The van der Waals surface area contributed by atoms with E-state index in [9.17, 15) is 9.59 Å². The largest absolute Gasteiger partial charge is 0.439 e. The summed E-state index contributed by atoms with van der Waals surface area (Å²) < 4.78 is 10.9. The number of rotatable bonds is 4. The first-order valence-corrected chi connectivity index (χ1v) is 16.4. The number of hydrogen-bond donors (Lipinski definition) is 2. The molecule has 8 rings (SSSR count). The van der Waals surface area contributed by atoms with Gasteiger partial charge in [-0.2, -0.15) is 0 Å². The van der Waals surface area contributed by atoms with Crippen molar-refractivity contribution in [2.24, 2.45) is 0 Å². The summed E-state index contributed by atoms with van der Waals surface area (Å²) in [7, 11) is 0. The molecule has 2 amide bonds. The zero-order chi connectivity index (χ0) is 35.5. The number of benzene rings is 2. The molecule has 2 N–H and O–H groups in total. The molecule has 4 aromatic heterocycles. The highest BCUT2D eigenvalue weighted by Crippen LogP contribution is 2.37. The number of amides is 2. The fraction of sp³-hybridized carbons (Fsp3) is 0.0952. The van der Waals surface area contributed by atoms with Crippen molar-refractivity contribution in [3.8, 4) is 23.7 Å². The lowest BCUT2D eigenvalue weighted by atomic mass is 10.00. The number of carbonyl (C=O) groups is 2. The number of alkyl carbamates (subject to hydrolysis) is 2. The van der Waals surface area contributed by atoms with Crippen LogP contribution in [0.2, 0.25) is 0 Å². The smallest absolute Gasteiger partial charge is 0.408 e. The van der Waals surface area contributed by atoms with E-state index >= 15 is 0 Å². The molecule has 0 saturated carbocycles. The fourth-order valence-corrected chi connectivity index (χ4v) is 5.64. The van der Waals surface area contributed by atoms with Crippen molar-refractivity contribution in [1.82, 2.24) is 30.6 Å². The second kappa shape index (κ2) is 15.9. The Morgan fingerprint density at radius 1 is 0.481 bits per heavy atom. The Morgan fingerprint density at radius 3 is 1.33 bits per heavy atom. The zero-order valence-corrected chi connectivity index (χ0v) is 27.6. The van der Waals surface area contributed by atoms with Crippen LogP contribution in [0.15, 0.2) is 146 Å². The summed E-state index contributed by atoms with van der Waals surface area (Å²) >= 11 is 0. The van der Waals surface area contributed by atoms with Gasteiger partial charge in [-0.25, -0.2) is 19.6 Å². The van der Waals surface area contributed by atoms with Gasteiger partial charge in [0.2, 0.25) is 0 Å². The monoisotopic (exact) mass is 682 g/mol. The SMILES string of the molecule is O=C1N[C@@H](c2cccc(C#Cc3cccnc3)n2)[C@H](c2ccccc2)O1.O=C1N[C@H](c2cccc(C#Cc3cccnc3)n2)[C@@H](c2ccccc2)O1. The van der Waals surface area contributed by atoms with Crippen molar-refractivity contribution in [2.45, 2.75) is 24.3 Å². The molecular formula is C42H30N6O4. The molecule has 2 aliphatic heterocycles. The maximum Gasteiger partial charge on any atom is 0.408 e. The van der Waals surface area contributed by atoms with Crippen molar-refractivity contribution >= 4 is 12.2 Å². The molecular weight excluding hydrogens is 652 g/mol. The van der Waals surface area contributed by atoms with Crippen molar-refractivity contribution in [3.05, 3.63) is 191 Å². The van der Waals surface area contributed by atoms with Crippen LogP contribution < -0.4 is 10.6 Å². The minimum Gasteiger partial charge on any atom is -0.439 e. The number of hydrogen-bond acceptors (Lipinski definition) is 8. The van der Waals surface area contributed by atoms with Gasteiger partial charge in [0.25, 0.3) is 0 Å². The summed E-state index contributed by atoms with van der Waals surface area (Å²) in [5, 5.41) is 5.68. The van der Waals surface area contributed by atoms with E-state index in [0.717, 1.165) is 22.3 Å². The lowest BCUT2D eigenvalue weighted by Crippen LogP contribution is -2.20. The zero-order valence-electron chi connectivity index (χ0n) is 27.6. The Labute approximate surface area is 300 Å². The highest BCUT2D eigenvalue weighted by molar-refractivity contribution is 5.71. The number of nitrogens with zero attached hydrogens (tertiary/aromatic N) is 4. The Hall–Kier alpha value is -7.30. The molecule has 4 atom stereocenters. The molecule has 0 unspecified atom stereocenters. The van der Waals surface area contributed by atoms with Gasteiger partial charge >= 0.3 is 12.2 Å². The van der Waals surface area contributed by atoms with Crippen LogP contribution in [-0.4, -0.2) is 32.1 Å². The lowest BCUT2D eigenvalue weighted by molar-refractivity contribution is 0.131. The molecule has 2 fully saturated rings. The molecule has 52 heavy (non-hydrogen) atoms. The number of pyridine rings is 4. The summed E-state index contributed by atoms with van der Waals surface area (Å²) in [5.74, 6) is 12.1. The first-order chi connectivity index (χ1) is 25.6. The Morgan fingerprint density at radius 2 is 0.923 bits per heavy atom. The van der Waals surface area contributed by atoms with E-state index in [4.69, 9.17) is 9.47 Å². The van der Waals surface area contributed by atoms with Gasteiger partial charge < -0.3 is 20.1 Å². The van der Waals surface area contributed by atoms with E-state index in [1.165, 1.54) is 0 Å². The quantitative estimate of drug-likeness (QED) is 0.195. The molecule has 0 aliphatic carbocycles. The molecule has 252 valence electrons. The molecule has 6 aromatic rings. The topological polar surface area (TPSA) is 128 Å². The molecule has 0 spiro atoms. The number of nitrogens with one attached hydrogen (secondary N) is 2. The van der Waals surface area contributed by atoms with Crippen molar-refractivity contribution in [1.29, 1.82) is 0 Å². The van der Waals surface area contributed by atoms with Crippen LogP contribution in [0.3, 0.4) is 0 Å². The van der Waals surface area contributed by atoms with Gasteiger partial charge in [-0.05, 0) is 71.5 Å². The molecule has 10 heteroatoms. The predicted molar refractivity (Wildman–Crippen MR) is 192 cm³/mol. The molecule has 6 heterocycles. The molecule has 0 radical (unpaired) electrons. The average Bonchev–Trinajstić information content (AvgIpc) is 3.81. The van der Waals surface area contributed by atoms with Crippen molar-refractivity contribution < 1.29 is 19.1 Å². The number of carbonyl (C=O) groups excluding carboxylic acids is 2. The molecule has 2 aliphatic rings. The maximum absolute atomic E-state index is 11.8. The van der Waals surface area contributed by atoms with E-state index in [-0.39, 0.29) is 12.1 Å². The van der Waals surface area contributed by atoms with E-state index < -0.39 is 24.4 Å². The van der Waals surface area contributed by atoms with Crippen LogP contribution >= 0.6 is 0 Å². The van der Waals surface area contributed by atoms with Crippen LogP contribution in [0.25, 0.3) is 0 Å². The van der Waals surface area contributed by atoms with E-state index in [1.54, 1.807) is 24.8 Å². The summed E-state index contributed by atoms with van der Waals surface area (Å²) in [6.45, 7) is 0. The van der Waals surface area contributed by atoms with Crippen LogP contribution in [0.4, 0.5) is 9.59 Å². The summed E-state index contributed by atoms with van der Waals surface area (Å²) in [6.07, 6.45) is 5.08. The highest BCUT2D eigenvalue weighted by atomic mass is 16.6. The van der Waals surface area contributed by atoms with Gasteiger partial charge in [0.15, 0.2) is 12.2 Å². The van der Waals surface area contributed by atoms with Gasteiger partial charge in [-0.15, -0.1) is 0 Å². The Balaban J connectivity index is 0.000000162. The first-order valence-electron chi connectivity index (χ1n) is 16.4. The average molecular weight is 683 g/mol. The highest BCUT2D eigenvalue weighted by Gasteiger charge is 2.38. The number of cyclic esters (lactones) is 2. The number of aromatic nitrogens is 4. The van der Waals surface area contributed by atoms with Gasteiger partial charge in [-0.1, -0.05) is 84.6 Å². The number of ether oxygens (including phenoxy) is 2. The van der Waals surface area contributed by atoms with E-state index in [1.807, 2.05) is 121 Å². The van der Waals surface area contributed by atoms with Crippen LogP contribution in [-0.2, 0) is 9.47 Å². The molecule has 10 nitrogen and oxygen atoms in total. The second-order valence-corrected chi connectivity index (χ2v) is 11.6. The van der Waals surface area contributed by atoms with Crippen molar-refractivity contribution in [3.63, 3.8) is 0 Å². The Bertz CT molecular complexity index is 2120. The Kier molecular flexibility index (Phi) is 10.2. The summed E-state index contributed by atoms with van der Waals surface area (Å²) in [4.78, 5) is 40.9. The predicted octanol–water partition coefficient (Wildman–Crippen LogP) is 6.80. The minimum absolute atomic E-state index is 0.356. The third kappa shape index (κ3) is 8.28. The van der Waals surface area contributed by atoms with Gasteiger partial charge in [0.05, 0.1) is 11.4 Å². The maximum atomic E-state index is 11.8. The molecule has 2 saturated heterocycles. The van der Waals surface area contributed by atoms with Crippen LogP contribution in [0, 0.1) is 23.7 Å². The molecule has 2 aromatic carbocycles. The first kappa shape index (κ1) is 33.2. The minimum atomic E-state index is -0.447. The third-order valence-electron chi connectivity index (χ3n) is 8.05. The second-order valence-electron chi connectivity index (χ2n) is 11.6. The van der Waals surface area contributed by atoms with Crippen LogP contribution in [0.5, 0.6) is 0 Å². The summed E-state index contributed by atoms with van der Waals surface area (Å²) in [5.41, 5.74) is 6.15. The van der Waals surface area contributed by atoms with Gasteiger partial charge in [-0.3, -0.25) is 9.97 Å². The van der Waals surface area contributed by atoms with Crippen molar-refractivity contribution in [2.75, 3.05) is 0 Å². The van der Waals surface area contributed by atoms with E-state index in [2.05, 4.69) is 54.3 Å².